The molecule has 1 N–H and O–H groups in total. The Bertz CT molecular complexity index is 1120. The predicted molar refractivity (Wildman–Crippen MR) is 99.9 cm³/mol. The molecule has 27 heavy (non-hydrogen) atoms. The zero-order valence-corrected chi connectivity index (χ0v) is 15.2. The molecular formula is C19H17N3O4S. The topological polar surface area (TPSA) is 100 Å². The van der Waals surface area contributed by atoms with E-state index in [4.69, 9.17) is 0 Å². The number of rotatable bonds is 4. The quantitative estimate of drug-likeness (QED) is 0.743. The van der Waals surface area contributed by atoms with Crippen LogP contribution >= 0.6 is 0 Å². The zero-order valence-electron chi connectivity index (χ0n) is 14.4. The summed E-state index contributed by atoms with van der Waals surface area (Å²) >= 11 is 0. The van der Waals surface area contributed by atoms with Gasteiger partial charge in [-0.05, 0) is 49.2 Å². The van der Waals surface area contributed by atoms with Crippen LogP contribution in [0.4, 0.5) is 0 Å². The Morgan fingerprint density at radius 3 is 2.41 bits per heavy atom. The van der Waals surface area contributed by atoms with Gasteiger partial charge in [-0.25, -0.2) is 18.2 Å². The molecule has 7 nitrogen and oxygen atoms in total. The van der Waals surface area contributed by atoms with Crippen LogP contribution in [0.2, 0.25) is 0 Å². The van der Waals surface area contributed by atoms with Gasteiger partial charge in [0.15, 0.2) is 0 Å². The van der Waals surface area contributed by atoms with Crippen molar-refractivity contribution in [2.45, 2.75) is 17.7 Å². The van der Waals surface area contributed by atoms with Crippen molar-refractivity contribution in [2.24, 2.45) is 0 Å². The fraction of sp³-hybridized carbons (Fsp3) is 0.211. The molecule has 0 bridgehead atoms. The van der Waals surface area contributed by atoms with Crippen LogP contribution < -0.4 is 0 Å². The molecule has 1 aromatic carbocycles. The second-order valence-corrected chi connectivity index (χ2v) is 8.32. The molecule has 2 aromatic heterocycles. The number of hydrogen-bond acceptors (Lipinski definition) is 5. The number of aromatic carboxylic acids is 1. The van der Waals surface area contributed by atoms with Crippen molar-refractivity contribution in [1.29, 1.82) is 0 Å². The van der Waals surface area contributed by atoms with Gasteiger partial charge in [-0.3, -0.25) is 4.98 Å². The average Bonchev–Trinajstić information content (AvgIpc) is 3.23. The molecule has 1 aliphatic rings. The SMILES string of the molecule is O=C(O)c1cc(-c2ccncc2)nc2ccc(S(=O)(=O)N3CCCC3)cc12. The summed E-state index contributed by atoms with van der Waals surface area (Å²) in [4.78, 5) is 20.4. The van der Waals surface area contributed by atoms with Crippen LogP contribution in [0.1, 0.15) is 23.2 Å². The minimum absolute atomic E-state index is 0.0188. The van der Waals surface area contributed by atoms with Crippen LogP contribution in [-0.4, -0.2) is 46.9 Å². The largest absolute Gasteiger partial charge is 0.478 e. The number of fused-ring (bicyclic) bond motifs is 1. The molecule has 1 fully saturated rings. The maximum absolute atomic E-state index is 12.8. The number of hydrogen-bond donors (Lipinski definition) is 1. The highest BCUT2D eigenvalue weighted by atomic mass is 32.2. The lowest BCUT2D eigenvalue weighted by Gasteiger charge is -2.16. The van der Waals surface area contributed by atoms with E-state index in [0.717, 1.165) is 18.4 Å². The van der Waals surface area contributed by atoms with E-state index in [-0.39, 0.29) is 10.5 Å². The number of pyridine rings is 2. The summed E-state index contributed by atoms with van der Waals surface area (Å²) < 4.78 is 27.0. The van der Waals surface area contributed by atoms with Gasteiger partial charge >= 0.3 is 5.97 Å². The van der Waals surface area contributed by atoms with Gasteiger partial charge in [0.25, 0.3) is 0 Å². The molecule has 1 aliphatic heterocycles. The van der Waals surface area contributed by atoms with Gasteiger partial charge in [0.1, 0.15) is 0 Å². The monoisotopic (exact) mass is 383 g/mol. The molecule has 8 heteroatoms. The van der Waals surface area contributed by atoms with Crippen molar-refractivity contribution >= 4 is 26.9 Å². The fourth-order valence-electron chi connectivity index (χ4n) is 3.29. The third-order valence-corrected chi connectivity index (χ3v) is 6.58. The normalized spacial score (nSPS) is 15.3. The molecule has 3 aromatic rings. The molecule has 4 rings (SSSR count). The number of benzene rings is 1. The third kappa shape index (κ3) is 3.17. The summed E-state index contributed by atoms with van der Waals surface area (Å²) in [6.07, 6.45) is 4.88. The molecule has 138 valence electrons. The van der Waals surface area contributed by atoms with E-state index in [9.17, 15) is 18.3 Å². The lowest BCUT2D eigenvalue weighted by Crippen LogP contribution is -2.27. The highest BCUT2D eigenvalue weighted by Crippen LogP contribution is 2.28. The first-order valence-electron chi connectivity index (χ1n) is 8.55. The van der Waals surface area contributed by atoms with Gasteiger partial charge in [0.05, 0.1) is 21.7 Å². The summed E-state index contributed by atoms with van der Waals surface area (Å²) in [6, 6.07) is 9.42. The van der Waals surface area contributed by atoms with Crippen molar-refractivity contribution in [1.82, 2.24) is 14.3 Å². The van der Waals surface area contributed by atoms with E-state index >= 15 is 0 Å². The Morgan fingerprint density at radius 2 is 1.74 bits per heavy atom. The van der Waals surface area contributed by atoms with Crippen LogP contribution in [0.25, 0.3) is 22.2 Å². The highest BCUT2D eigenvalue weighted by molar-refractivity contribution is 7.89. The van der Waals surface area contributed by atoms with E-state index in [1.54, 1.807) is 30.6 Å². The van der Waals surface area contributed by atoms with Gasteiger partial charge in [-0.15, -0.1) is 0 Å². The number of sulfonamides is 1. The smallest absolute Gasteiger partial charge is 0.336 e. The molecular weight excluding hydrogens is 366 g/mol. The number of aromatic nitrogens is 2. The van der Waals surface area contributed by atoms with Crippen LogP contribution in [-0.2, 0) is 10.0 Å². The molecule has 0 amide bonds. The van der Waals surface area contributed by atoms with E-state index in [1.807, 2.05) is 0 Å². The highest BCUT2D eigenvalue weighted by Gasteiger charge is 2.28. The molecule has 0 radical (unpaired) electrons. The summed E-state index contributed by atoms with van der Waals surface area (Å²) in [6.45, 7) is 0.983. The first kappa shape index (κ1) is 17.6. The van der Waals surface area contributed by atoms with Crippen LogP contribution in [0.15, 0.2) is 53.7 Å². The van der Waals surface area contributed by atoms with E-state index in [0.29, 0.717) is 29.7 Å². The van der Waals surface area contributed by atoms with Gasteiger partial charge < -0.3 is 5.11 Å². The van der Waals surface area contributed by atoms with Crippen LogP contribution in [0, 0.1) is 0 Å². The number of carboxylic acid groups (broad SMARTS) is 1. The summed E-state index contributed by atoms with van der Waals surface area (Å²) in [5.41, 5.74) is 1.69. The van der Waals surface area contributed by atoms with Gasteiger partial charge in [0, 0.05) is 36.4 Å². The van der Waals surface area contributed by atoms with Gasteiger partial charge in [0.2, 0.25) is 10.0 Å². The summed E-state index contributed by atoms with van der Waals surface area (Å²) in [5.74, 6) is -1.13. The molecule has 0 atom stereocenters. The van der Waals surface area contributed by atoms with Crippen molar-refractivity contribution < 1.29 is 18.3 Å². The van der Waals surface area contributed by atoms with E-state index in [1.165, 1.54) is 22.5 Å². The Kier molecular flexibility index (Phi) is 4.37. The summed E-state index contributed by atoms with van der Waals surface area (Å²) in [5, 5.41) is 9.97. The van der Waals surface area contributed by atoms with Crippen molar-refractivity contribution in [3.05, 3.63) is 54.4 Å². The van der Waals surface area contributed by atoms with Crippen molar-refractivity contribution in [3.8, 4) is 11.3 Å². The standard InChI is InChI=1S/C19H17N3O4S/c23-19(24)16-12-18(13-5-7-20-8-6-13)21-17-4-3-14(11-15(16)17)27(25,26)22-9-1-2-10-22/h3-8,11-12H,1-2,9-10H2,(H,23,24). The third-order valence-electron chi connectivity index (χ3n) is 4.69. The Labute approximate surface area is 156 Å². The van der Waals surface area contributed by atoms with Crippen molar-refractivity contribution in [3.63, 3.8) is 0 Å². The summed E-state index contributed by atoms with van der Waals surface area (Å²) in [7, 11) is -3.63. The lowest BCUT2D eigenvalue weighted by molar-refractivity contribution is 0.0699. The number of carbonyl (C=O) groups is 1. The average molecular weight is 383 g/mol. The maximum Gasteiger partial charge on any atom is 0.336 e. The molecule has 0 aliphatic carbocycles. The lowest BCUT2D eigenvalue weighted by atomic mass is 10.0. The molecule has 0 unspecified atom stereocenters. The van der Waals surface area contributed by atoms with Gasteiger partial charge in [-0.1, -0.05) is 0 Å². The molecule has 1 saturated heterocycles. The van der Waals surface area contributed by atoms with Crippen LogP contribution in [0.3, 0.4) is 0 Å². The van der Waals surface area contributed by atoms with Crippen molar-refractivity contribution in [2.75, 3.05) is 13.1 Å². The fourth-order valence-corrected chi connectivity index (χ4v) is 4.83. The molecule has 0 spiro atoms. The Balaban J connectivity index is 1.89. The predicted octanol–water partition coefficient (Wildman–Crippen LogP) is 2.78. The first-order valence-corrected chi connectivity index (χ1v) is 9.99. The number of carboxylic acids is 1. The molecule has 3 heterocycles. The second-order valence-electron chi connectivity index (χ2n) is 6.39. The Hall–Kier alpha value is -2.84. The second kappa shape index (κ2) is 6.71. The zero-order chi connectivity index (χ0) is 19.0. The minimum atomic E-state index is -3.63. The minimum Gasteiger partial charge on any atom is -0.478 e. The van der Waals surface area contributed by atoms with E-state index < -0.39 is 16.0 Å². The number of nitrogens with zero attached hydrogens (tertiary/aromatic N) is 3. The maximum atomic E-state index is 12.8. The van der Waals surface area contributed by atoms with Crippen LogP contribution in [0.5, 0.6) is 0 Å². The first-order chi connectivity index (χ1) is 13.0. The van der Waals surface area contributed by atoms with E-state index in [2.05, 4.69) is 9.97 Å². The van der Waals surface area contributed by atoms with Gasteiger partial charge in [-0.2, -0.15) is 4.31 Å². The Morgan fingerprint density at radius 1 is 1.04 bits per heavy atom. The molecule has 0 saturated carbocycles.